The van der Waals surface area contributed by atoms with Gasteiger partial charge < -0.3 is 0 Å². The molecule has 0 saturated carbocycles. The Morgan fingerprint density at radius 3 is 2.41 bits per heavy atom. The number of thioether (sulfide) groups is 1. The molecule has 0 amide bonds. The first kappa shape index (κ1) is 21.1. The Morgan fingerprint density at radius 2 is 1.76 bits per heavy atom. The molecule has 0 aliphatic heterocycles. The Kier molecular flexibility index (Phi) is 6.12. The smallest absolute Gasteiger partial charge is 0.291 e. The molecule has 0 spiro atoms. The van der Waals surface area contributed by atoms with E-state index in [2.05, 4.69) is 4.98 Å². The van der Waals surface area contributed by atoms with E-state index in [0.717, 1.165) is 17.7 Å². The molecule has 0 saturated heterocycles. The Hall–Kier alpha value is -2.61. The van der Waals surface area contributed by atoms with Gasteiger partial charge in [-0.25, -0.2) is 9.37 Å². The number of halogens is 4. The third kappa shape index (κ3) is 5.06. The van der Waals surface area contributed by atoms with Crippen LogP contribution in [0.15, 0.2) is 58.5 Å². The van der Waals surface area contributed by atoms with Gasteiger partial charge in [0.2, 0.25) is 0 Å². The molecule has 0 unspecified atom stereocenters. The minimum absolute atomic E-state index is 0.228. The standard InChI is InChI=1S/C21H18F4N2OS/c1-13-18(11-14-6-8-17(22)9-7-14)19(28)27(2)20(26-13)29-12-15-4-3-5-16(10-15)21(23,24)25/h3-10H,11-12H2,1-2H3. The third-order valence-electron chi connectivity index (χ3n) is 4.47. The van der Waals surface area contributed by atoms with Crippen LogP contribution in [0, 0.1) is 12.7 Å². The summed E-state index contributed by atoms with van der Waals surface area (Å²) in [6.45, 7) is 1.72. The number of hydrogen-bond donors (Lipinski definition) is 0. The number of hydrogen-bond acceptors (Lipinski definition) is 3. The van der Waals surface area contributed by atoms with Gasteiger partial charge in [-0.2, -0.15) is 13.2 Å². The van der Waals surface area contributed by atoms with Gasteiger partial charge in [0.05, 0.1) is 5.56 Å². The van der Waals surface area contributed by atoms with Gasteiger partial charge in [0.15, 0.2) is 5.16 Å². The highest BCUT2D eigenvalue weighted by atomic mass is 32.2. The molecule has 29 heavy (non-hydrogen) atoms. The second-order valence-corrected chi connectivity index (χ2v) is 7.56. The number of aryl methyl sites for hydroxylation is 1. The normalized spacial score (nSPS) is 11.7. The number of alkyl halides is 3. The van der Waals surface area contributed by atoms with Gasteiger partial charge in [0.1, 0.15) is 5.82 Å². The summed E-state index contributed by atoms with van der Waals surface area (Å²) in [5, 5.41) is 0.424. The van der Waals surface area contributed by atoms with E-state index in [1.165, 1.54) is 34.5 Å². The van der Waals surface area contributed by atoms with Crippen LogP contribution in [0.1, 0.15) is 27.9 Å². The molecule has 3 rings (SSSR count). The molecule has 0 fully saturated rings. The summed E-state index contributed by atoms with van der Waals surface area (Å²) >= 11 is 1.20. The lowest BCUT2D eigenvalue weighted by Gasteiger charge is -2.13. The average molecular weight is 422 g/mol. The molecule has 0 aliphatic rings. The van der Waals surface area contributed by atoms with Crippen molar-refractivity contribution in [3.63, 3.8) is 0 Å². The molecule has 152 valence electrons. The lowest BCUT2D eigenvalue weighted by molar-refractivity contribution is -0.137. The van der Waals surface area contributed by atoms with Gasteiger partial charge in [0, 0.05) is 30.5 Å². The number of nitrogens with zero attached hydrogens (tertiary/aromatic N) is 2. The van der Waals surface area contributed by atoms with Gasteiger partial charge in [0.25, 0.3) is 5.56 Å². The Labute approximate surface area is 169 Å². The second kappa shape index (κ2) is 8.41. The van der Waals surface area contributed by atoms with E-state index in [-0.39, 0.29) is 17.1 Å². The van der Waals surface area contributed by atoms with Crippen LogP contribution in [-0.4, -0.2) is 9.55 Å². The lowest BCUT2D eigenvalue weighted by atomic mass is 10.1. The molecule has 0 atom stereocenters. The fraction of sp³-hybridized carbons (Fsp3) is 0.238. The van der Waals surface area contributed by atoms with Crippen molar-refractivity contribution in [3.8, 4) is 0 Å². The third-order valence-corrected chi connectivity index (χ3v) is 5.57. The predicted molar refractivity (Wildman–Crippen MR) is 104 cm³/mol. The highest BCUT2D eigenvalue weighted by Crippen LogP contribution is 2.31. The monoisotopic (exact) mass is 422 g/mol. The molecular formula is C21H18F4N2OS. The van der Waals surface area contributed by atoms with Gasteiger partial charge in [-0.05, 0) is 36.2 Å². The van der Waals surface area contributed by atoms with E-state index < -0.39 is 11.7 Å². The minimum Gasteiger partial charge on any atom is -0.291 e. The van der Waals surface area contributed by atoms with Crippen LogP contribution >= 0.6 is 11.8 Å². The second-order valence-electron chi connectivity index (χ2n) is 6.61. The van der Waals surface area contributed by atoms with Crippen molar-refractivity contribution in [3.05, 3.63) is 92.6 Å². The molecule has 3 nitrogen and oxygen atoms in total. The minimum atomic E-state index is -4.40. The molecule has 2 aromatic carbocycles. The van der Waals surface area contributed by atoms with Crippen LogP contribution in [0.2, 0.25) is 0 Å². The van der Waals surface area contributed by atoms with E-state index in [1.54, 1.807) is 32.2 Å². The molecule has 3 aromatic rings. The molecule has 0 bridgehead atoms. The van der Waals surface area contributed by atoms with Gasteiger partial charge in [-0.15, -0.1) is 0 Å². The van der Waals surface area contributed by atoms with Gasteiger partial charge in [-0.3, -0.25) is 9.36 Å². The molecule has 0 aliphatic carbocycles. The summed E-state index contributed by atoms with van der Waals surface area (Å²) < 4.78 is 53.0. The summed E-state index contributed by atoms with van der Waals surface area (Å²) in [4.78, 5) is 17.2. The average Bonchev–Trinajstić information content (AvgIpc) is 2.68. The predicted octanol–water partition coefficient (Wildman–Crippen LogP) is 5.13. The largest absolute Gasteiger partial charge is 0.416 e. The van der Waals surface area contributed by atoms with Crippen molar-refractivity contribution in [1.29, 1.82) is 0 Å². The Morgan fingerprint density at radius 1 is 1.07 bits per heavy atom. The van der Waals surface area contributed by atoms with Crippen molar-refractivity contribution < 1.29 is 17.6 Å². The van der Waals surface area contributed by atoms with Crippen LogP contribution in [0.4, 0.5) is 17.6 Å². The first-order valence-electron chi connectivity index (χ1n) is 8.75. The van der Waals surface area contributed by atoms with Crippen LogP contribution in [0.5, 0.6) is 0 Å². The highest BCUT2D eigenvalue weighted by molar-refractivity contribution is 7.98. The fourth-order valence-corrected chi connectivity index (χ4v) is 3.81. The zero-order valence-electron chi connectivity index (χ0n) is 15.8. The maximum Gasteiger partial charge on any atom is 0.416 e. The fourth-order valence-electron chi connectivity index (χ4n) is 2.85. The zero-order valence-corrected chi connectivity index (χ0v) is 16.6. The maximum absolute atomic E-state index is 13.1. The molecular weight excluding hydrogens is 404 g/mol. The zero-order chi connectivity index (χ0) is 21.2. The Bertz CT molecular complexity index is 1080. The summed E-state index contributed by atoms with van der Waals surface area (Å²) in [7, 11) is 1.58. The topological polar surface area (TPSA) is 34.9 Å². The lowest BCUT2D eigenvalue weighted by Crippen LogP contribution is -2.25. The summed E-state index contributed by atoms with van der Waals surface area (Å²) in [5.74, 6) is -0.0983. The van der Waals surface area contributed by atoms with E-state index >= 15 is 0 Å². The van der Waals surface area contributed by atoms with Crippen molar-refractivity contribution in [1.82, 2.24) is 9.55 Å². The number of benzene rings is 2. The summed E-state index contributed by atoms with van der Waals surface area (Å²) in [6.07, 6.45) is -4.07. The van der Waals surface area contributed by atoms with Gasteiger partial charge in [-0.1, -0.05) is 42.1 Å². The summed E-state index contributed by atoms with van der Waals surface area (Å²) in [6, 6.07) is 11.0. The van der Waals surface area contributed by atoms with Crippen LogP contribution in [-0.2, 0) is 25.4 Å². The highest BCUT2D eigenvalue weighted by Gasteiger charge is 2.30. The SMILES string of the molecule is Cc1nc(SCc2cccc(C(F)(F)F)c2)n(C)c(=O)c1Cc1ccc(F)cc1. The first-order chi connectivity index (χ1) is 13.6. The van der Waals surface area contributed by atoms with Crippen molar-refractivity contribution in [2.45, 2.75) is 30.4 Å². The Balaban J connectivity index is 1.81. The quantitative estimate of drug-likeness (QED) is 0.325. The molecule has 0 N–H and O–H groups in total. The van der Waals surface area contributed by atoms with Gasteiger partial charge >= 0.3 is 6.18 Å². The molecule has 1 aromatic heterocycles. The van der Waals surface area contributed by atoms with E-state index in [0.29, 0.717) is 28.4 Å². The number of aromatic nitrogens is 2. The van der Waals surface area contributed by atoms with Crippen LogP contribution in [0.25, 0.3) is 0 Å². The van der Waals surface area contributed by atoms with Crippen molar-refractivity contribution >= 4 is 11.8 Å². The maximum atomic E-state index is 13.1. The molecule has 0 radical (unpaired) electrons. The first-order valence-corrected chi connectivity index (χ1v) is 9.73. The van der Waals surface area contributed by atoms with Crippen LogP contribution < -0.4 is 5.56 Å². The summed E-state index contributed by atoms with van der Waals surface area (Å²) in [5.41, 5.74) is 1.40. The van der Waals surface area contributed by atoms with E-state index in [4.69, 9.17) is 0 Å². The molecule has 1 heterocycles. The molecule has 8 heteroatoms. The van der Waals surface area contributed by atoms with Crippen molar-refractivity contribution in [2.24, 2.45) is 7.05 Å². The van der Waals surface area contributed by atoms with E-state index in [9.17, 15) is 22.4 Å². The number of rotatable bonds is 5. The van der Waals surface area contributed by atoms with Crippen molar-refractivity contribution in [2.75, 3.05) is 0 Å². The van der Waals surface area contributed by atoms with E-state index in [1.807, 2.05) is 0 Å². The van der Waals surface area contributed by atoms with Crippen LogP contribution in [0.3, 0.4) is 0 Å².